The zero-order valence-electron chi connectivity index (χ0n) is 8.69. The monoisotopic (exact) mass is 205 g/mol. The van der Waals surface area contributed by atoms with Crippen molar-refractivity contribution in [2.45, 2.75) is 19.4 Å². The Balaban J connectivity index is 3.74. The quantitative estimate of drug-likeness (QED) is 0.507. The van der Waals surface area contributed by atoms with Crippen LogP contribution in [-0.4, -0.2) is 49.1 Å². The van der Waals surface area contributed by atoms with E-state index in [1.165, 1.54) is 0 Å². The second kappa shape index (κ2) is 7.73. The van der Waals surface area contributed by atoms with Crippen molar-refractivity contribution < 1.29 is 19.7 Å². The van der Waals surface area contributed by atoms with E-state index < -0.39 is 11.9 Å². The molecule has 0 rings (SSSR count). The van der Waals surface area contributed by atoms with Crippen LogP contribution in [0.4, 0.5) is 0 Å². The molecule has 0 fully saturated rings. The van der Waals surface area contributed by atoms with Gasteiger partial charge in [-0.05, 0) is 6.42 Å². The van der Waals surface area contributed by atoms with Crippen LogP contribution in [0.25, 0.3) is 0 Å². The molecule has 5 heteroatoms. The van der Waals surface area contributed by atoms with Crippen molar-refractivity contribution >= 4 is 5.97 Å². The summed E-state index contributed by atoms with van der Waals surface area (Å²) in [7, 11) is 1.58. The SMILES string of the molecule is COCC(CCO)NCC(C)C(=O)O. The molecule has 84 valence electrons. The van der Waals surface area contributed by atoms with Crippen molar-refractivity contribution in [1.29, 1.82) is 0 Å². The molecule has 0 heterocycles. The first-order valence-corrected chi connectivity index (χ1v) is 4.67. The number of hydrogen-bond acceptors (Lipinski definition) is 4. The summed E-state index contributed by atoms with van der Waals surface area (Å²) in [6.45, 7) is 2.58. The van der Waals surface area contributed by atoms with E-state index in [1.807, 2.05) is 0 Å². The summed E-state index contributed by atoms with van der Waals surface area (Å²) in [4.78, 5) is 10.5. The second-order valence-electron chi connectivity index (χ2n) is 3.31. The van der Waals surface area contributed by atoms with Crippen LogP contribution in [0.3, 0.4) is 0 Å². The minimum Gasteiger partial charge on any atom is -0.481 e. The number of ether oxygens (including phenoxy) is 1. The van der Waals surface area contributed by atoms with Crippen molar-refractivity contribution in [2.75, 3.05) is 26.9 Å². The Morgan fingerprint density at radius 2 is 2.21 bits per heavy atom. The average Bonchev–Trinajstić information content (AvgIpc) is 2.14. The first-order valence-electron chi connectivity index (χ1n) is 4.67. The molecule has 0 aliphatic heterocycles. The van der Waals surface area contributed by atoms with Crippen molar-refractivity contribution in [2.24, 2.45) is 5.92 Å². The largest absolute Gasteiger partial charge is 0.481 e. The predicted molar refractivity (Wildman–Crippen MR) is 52.2 cm³/mol. The lowest BCUT2D eigenvalue weighted by atomic mass is 10.1. The Bertz CT molecular complexity index is 157. The maximum Gasteiger partial charge on any atom is 0.307 e. The second-order valence-corrected chi connectivity index (χ2v) is 3.31. The molecule has 0 aromatic rings. The molecule has 0 amide bonds. The van der Waals surface area contributed by atoms with Gasteiger partial charge in [-0.25, -0.2) is 0 Å². The summed E-state index contributed by atoms with van der Waals surface area (Å²) < 4.78 is 4.93. The molecular formula is C9H19NO4. The van der Waals surface area contributed by atoms with Crippen molar-refractivity contribution in [1.82, 2.24) is 5.32 Å². The minimum atomic E-state index is -0.822. The van der Waals surface area contributed by atoms with Crippen LogP contribution in [0, 0.1) is 5.92 Å². The highest BCUT2D eigenvalue weighted by Gasteiger charge is 2.13. The third-order valence-electron chi connectivity index (χ3n) is 1.98. The van der Waals surface area contributed by atoms with Gasteiger partial charge in [0.25, 0.3) is 0 Å². The van der Waals surface area contributed by atoms with Crippen molar-refractivity contribution in [3.8, 4) is 0 Å². The van der Waals surface area contributed by atoms with E-state index >= 15 is 0 Å². The van der Waals surface area contributed by atoms with Gasteiger partial charge in [-0.15, -0.1) is 0 Å². The van der Waals surface area contributed by atoms with Gasteiger partial charge in [0.2, 0.25) is 0 Å². The number of aliphatic carboxylic acids is 1. The molecule has 14 heavy (non-hydrogen) atoms. The Morgan fingerprint density at radius 1 is 1.57 bits per heavy atom. The van der Waals surface area contributed by atoms with E-state index in [0.29, 0.717) is 19.6 Å². The van der Waals surface area contributed by atoms with Gasteiger partial charge in [0, 0.05) is 26.3 Å². The fourth-order valence-corrected chi connectivity index (χ4v) is 1.03. The summed E-state index contributed by atoms with van der Waals surface area (Å²) in [6.07, 6.45) is 0.570. The number of aliphatic hydroxyl groups excluding tert-OH is 1. The summed E-state index contributed by atoms with van der Waals surface area (Å²) in [6, 6.07) is 0.0202. The van der Waals surface area contributed by atoms with Crippen LogP contribution in [0.2, 0.25) is 0 Å². The lowest BCUT2D eigenvalue weighted by Gasteiger charge is -2.18. The van der Waals surface area contributed by atoms with Crippen LogP contribution in [0.15, 0.2) is 0 Å². The van der Waals surface area contributed by atoms with Crippen LogP contribution < -0.4 is 5.32 Å². The maximum atomic E-state index is 10.5. The fourth-order valence-electron chi connectivity index (χ4n) is 1.03. The highest BCUT2D eigenvalue weighted by Crippen LogP contribution is 1.96. The van der Waals surface area contributed by atoms with Crippen LogP contribution in [-0.2, 0) is 9.53 Å². The third-order valence-corrected chi connectivity index (χ3v) is 1.98. The minimum absolute atomic E-state index is 0.0202. The van der Waals surface area contributed by atoms with E-state index in [0.717, 1.165) is 0 Å². The molecule has 0 aromatic heterocycles. The van der Waals surface area contributed by atoms with E-state index in [9.17, 15) is 4.79 Å². The van der Waals surface area contributed by atoms with Gasteiger partial charge in [0.05, 0.1) is 12.5 Å². The van der Waals surface area contributed by atoms with Crippen molar-refractivity contribution in [3.63, 3.8) is 0 Å². The molecule has 0 spiro atoms. The lowest BCUT2D eigenvalue weighted by molar-refractivity contribution is -0.141. The smallest absolute Gasteiger partial charge is 0.307 e. The molecule has 0 radical (unpaired) electrons. The number of hydrogen-bond donors (Lipinski definition) is 3. The number of rotatable bonds is 8. The zero-order chi connectivity index (χ0) is 11.0. The molecule has 0 aromatic carbocycles. The number of aliphatic hydroxyl groups is 1. The van der Waals surface area contributed by atoms with E-state index in [4.69, 9.17) is 14.9 Å². The topological polar surface area (TPSA) is 78.8 Å². The Kier molecular flexibility index (Phi) is 7.37. The first-order chi connectivity index (χ1) is 6.61. The number of methoxy groups -OCH3 is 1. The van der Waals surface area contributed by atoms with E-state index in [2.05, 4.69) is 5.32 Å². The van der Waals surface area contributed by atoms with Gasteiger partial charge in [-0.2, -0.15) is 0 Å². The normalized spacial score (nSPS) is 15.1. The van der Waals surface area contributed by atoms with Crippen LogP contribution in [0.1, 0.15) is 13.3 Å². The maximum absolute atomic E-state index is 10.5. The first kappa shape index (κ1) is 13.4. The number of carbonyl (C=O) groups is 1. The molecule has 5 nitrogen and oxygen atoms in total. The average molecular weight is 205 g/mol. The lowest BCUT2D eigenvalue weighted by Crippen LogP contribution is -2.38. The number of carboxylic acids is 1. The number of nitrogens with one attached hydrogen (secondary N) is 1. The van der Waals surface area contributed by atoms with Crippen LogP contribution in [0.5, 0.6) is 0 Å². The highest BCUT2D eigenvalue weighted by atomic mass is 16.5. The fraction of sp³-hybridized carbons (Fsp3) is 0.889. The van der Waals surface area contributed by atoms with Gasteiger partial charge in [0.1, 0.15) is 0 Å². The molecule has 0 aliphatic rings. The molecule has 0 saturated carbocycles. The van der Waals surface area contributed by atoms with Gasteiger partial charge in [-0.3, -0.25) is 4.79 Å². The van der Waals surface area contributed by atoms with Gasteiger partial charge < -0.3 is 20.3 Å². The summed E-state index contributed by atoms with van der Waals surface area (Å²) in [5.41, 5.74) is 0. The molecule has 2 atom stereocenters. The summed E-state index contributed by atoms with van der Waals surface area (Å²) in [5, 5.41) is 20.4. The van der Waals surface area contributed by atoms with Crippen molar-refractivity contribution in [3.05, 3.63) is 0 Å². The zero-order valence-corrected chi connectivity index (χ0v) is 8.69. The van der Waals surface area contributed by atoms with Crippen LogP contribution >= 0.6 is 0 Å². The molecule has 3 N–H and O–H groups in total. The summed E-state index contributed by atoms with van der Waals surface area (Å²) in [5.74, 6) is -1.24. The van der Waals surface area contributed by atoms with Gasteiger partial charge in [0.15, 0.2) is 0 Å². The molecule has 0 bridgehead atoms. The number of carboxylic acid groups (broad SMARTS) is 1. The van der Waals surface area contributed by atoms with E-state index in [1.54, 1.807) is 14.0 Å². The Morgan fingerprint density at radius 3 is 2.64 bits per heavy atom. The Hall–Kier alpha value is -0.650. The van der Waals surface area contributed by atoms with Gasteiger partial charge in [-0.1, -0.05) is 6.92 Å². The third kappa shape index (κ3) is 5.90. The summed E-state index contributed by atoms with van der Waals surface area (Å²) >= 11 is 0. The predicted octanol–water partition coefficient (Wildman–Crippen LogP) is -0.306. The molecule has 0 saturated heterocycles. The highest BCUT2D eigenvalue weighted by molar-refractivity contribution is 5.69. The molecule has 2 unspecified atom stereocenters. The van der Waals surface area contributed by atoms with Gasteiger partial charge >= 0.3 is 5.97 Å². The van der Waals surface area contributed by atoms with E-state index in [-0.39, 0.29) is 12.6 Å². The Labute approximate surface area is 84.1 Å². The molecular weight excluding hydrogens is 186 g/mol. The standard InChI is InChI=1S/C9H19NO4/c1-7(9(12)13)5-10-8(3-4-11)6-14-2/h7-8,10-11H,3-6H2,1-2H3,(H,12,13). The molecule has 0 aliphatic carbocycles.